The Labute approximate surface area is 152 Å². The first-order valence-corrected chi connectivity index (χ1v) is 8.84. The summed E-state index contributed by atoms with van der Waals surface area (Å²) < 4.78 is 1.75. The summed E-state index contributed by atoms with van der Waals surface area (Å²) in [4.78, 5) is 21.4. The molecule has 0 aliphatic carbocycles. The van der Waals surface area contributed by atoms with E-state index in [0.717, 1.165) is 35.7 Å². The fourth-order valence-electron chi connectivity index (χ4n) is 2.75. The Hall–Kier alpha value is -2.40. The van der Waals surface area contributed by atoms with Crippen molar-refractivity contribution in [3.8, 4) is 11.3 Å². The van der Waals surface area contributed by atoms with Crippen molar-refractivity contribution in [3.63, 3.8) is 0 Å². The molecule has 0 fully saturated rings. The summed E-state index contributed by atoms with van der Waals surface area (Å²) in [5.74, 6) is -0.171. The average molecular weight is 357 g/mol. The van der Waals surface area contributed by atoms with Gasteiger partial charge in [0.05, 0.1) is 11.8 Å². The molecular weight excluding hydrogens is 336 g/mol. The van der Waals surface area contributed by atoms with Crippen LogP contribution < -0.4 is 5.32 Å². The number of imidazole rings is 1. The summed E-state index contributed by atoms with van der Waals surface area (Å²) in [6.07, 6.45) is 4.85. The van der Waals surface area contributed by atoms with Gasteiger partial charge in [-0.25, -0.2) is 9.97 Å². The zero-order chi connectivity index (χ0) is 17.8. The van der Waals surface area contributed by atoms with Crippen LogP contribution in [0.2, 0.25) is 5.15 Å². The lowest BCUT2D eigenvalue weighted by Crippen LogP contribution is -2.25. The molecule has 0 radical (unpaired) electrons. The quantitative estimate of drug-likeness (QED) is 0.673. The second-order valence-corrected chi connectivity index (χ2v) is 6.39. The molecule has 0 unspecified atom stereocenters. The molecule has 5 nitrogen and oxygen atoms in total. The van der Waals surface area contributed by atoms with E-state index in [1.807, 2.05) is 31.3 Å². The number of carbonyl (C=O) groups is 1. The second-order valence-electron chi connectivity index (χ2n) is 6.03. The van der Waals surface area contributed by atoms with Gasteiger partial charge in [0, 0.05) is 24.5 Å². The number of rotatable bonds is 6. The van der Waals surface area contributed by atoms with E-state index >= 15 is 0 Å². The van der Waals surface area contributed by atoms with Crippen molar-refractivity contribution in [1.29, 1.82) is 0 Å². The van der Waals surface area contributed by atoms with Gasteiger partial charge in [0.25, 0.3) is 5.91 Å². The normalized spacial score (nSPS) is 11.0. The predicted molar refractivity (Wildman–Crippen MR) is 101 cm³/mol. The highest BCUT2D eigenvalue weighted by Crippen LogP contribution is 2.32. The molecule has 25 heavy (non-hydrogen) atoms. The van der Waals surface area contributed by atoms with Crippen LogP contribution in [-0.4, -0.2) is 27.0 Å². The van der Waals surface area contributed by atoms with Crippen molar-refractivity contribution in [2.24, 2.45) is 7.05 Å². The maximum absolute atomic E-state index is 12.5. The van der Waals surface area contributed by atoms with Gasteiger partial charge in [0.2, 0.25) is 0 Å². The number of amides is 1. The number of para-hydroxylation sites is 1. The number of aromatic nitrogens is 3. The van der Waals surface area contributed by atoms with Crippen molar-refractivity contribution < 1.29 is 4.79 Å². The summed E-state index contributed by atoms with van der Waals surface area (Å²) in [5, 5.41) is 4.39. The van der Waals surface area contributed by atoms with Crippen molar-refractivity contribution >= 4 is 28.4 Å². The molecule has 1 N–H and O–H groups in total. The summed E-state index contributed by atoms with van der Waals surface area (Å²) in [6.45, 7) is 2.79. The first kappa shape index (κ1) is 17.4. The molecule has 0 saturated heterocycles. The number of hydrogen-bond donors (Lipinski definition) is 1. The number of nitrogens with zero attached hydrogens (tertiary/aromatic N) is 3. The Morgan fingerprint density at radius 1 is 1.28 bits per heavy atom. The maximum Gasteiger partial charge on any atom is 0.269 e. The van der Waals surface area contributed by atoms with E-state index in [2.05, 4.69) is 22.2 Å². The molecule has 0 spiro atoms. The van der Waals surface area contributed by atoms with Crippen LogP contribution in [0.5, 0.6) is 0 Å². The average Bonchev–Trinajstić information content (AvgIpc) is 2.96. The van der Waals surface area contributed by atoms with Gasteiger partial charge in [-0.05, 0) is 18.6 Å². The largest absolute Gasteiger partial charge is 0.351 e. The molecule has 1 aromatic carbocycles. The summed E-state index contributed by atoms with van der Waals surface area (Å²) in [6, 6.07) is 9.47. The van der Waals surface area contributed by atoms with E-state index in [4.69, 9.17) is 11.6 Å². The monoisotopic (exact) mass is 356 g/mol. The minimum absolute atomic E-state index is 0.171. The molecule has 0 aliphatic rings. The highest BCUT2D eigenvalue weighted by atomic mass is 35.5. The van der Waals surface area contributed by atoms with E-state index in [1.165, 1.54) is 0 Å². The lowest BCUT2D eigenvalue weighted by Gasteiger charge is -2.09. The van der Waals surface area contributed by atoms with E-state index in [-0.39, 0.29) is 5.91 Å². The van der Waals surface area contributed by atoms with Crippen molar-refractivity contribution in [3.05, 3.63) is 47.5 Å². The van der Waals surface area contributed by atoms with Gasteiger partial charge in [-0.1, -0.05) is 49.6 Å². The lowest BCUT2D eigenvalue weighted by molar-refractivity contribution is 0.0948. The lowest BCUT2D eigenvalue weighted by atomic mass is 10.0. The molecule has 0 saturated carbocycles. The van der Waals surface area contributed by atoms with Crippen LogP contribution in [0.1, 0.15) is 36.7 Å². The van der Waals surface area contributed by atoms with Gasteiger partial charge < -0.3 is 9.88 Å². The minimum Gasteiger partial charge on any atom is -0.351 e. The predicted octanol–water partition coefficient (Wildman–Crippen LogP) is 4.21. The molecule has 0 atom stereocenters. The van der Waals surface area contributed by atoms with Crippen LogP contribution >= 0.6 is 11.6 Å². The van der Waals surface area contributed by atoms with Gasteiger partial charge in [-0.3, -0.25) is 4.79 Å². The second kappa shape index (κ2) is 7.66. The standard InChI is InChI=1S/C19H21ClN4O/c1-3-4-7-10-21-19(25)16-11-14(17-18(20)24(2)12-22-17)13-8-5-6-9-15(13)23-16/h5-6,8-9,11-12H,3-4,7,10H2,1-2H3,(H,21,25). The van der Waals surface area contributed by atoms with Crippen LogP contribution in [0, 0.1) is 0 Å². The molecule has 6 heteroatoms. The third-order valence-electron chi connectivity index (χ3n) is 4.13. The van der Waals surface area contributed by atoms with Crippen molar-refractivity contribution in [2.45, 2.75) is 26.2 Å². The Bertz CT molecular complexity index is 904. The topological polar surface area (TPSA) is 59.8 Å². The van der Waals surface area contributed by atoms with Gasteiger partial charge in [0.1, 0.15) is 16.5 Å². The van der Waals surface area contributed by atoms with E-state index < -0.39 is 0 Å². The molecule has 3 aromatic rings. The van der Waals surface area contributed by atoms with E-state index in [1.54, 1.807) is 17.0 Å². The molecule has 2 heterocycles. The number of halogens is 1. The number of pyridine rings is 1. The Balaban J connectivity index is 2.01. The molecular formula is C19H21ClN4O. The summed E-state index contributed by atoms with van der Waals surface area (Å²) >= 11 is 6.37. The van der Waals surface area contributed by atoms with Crippen LogP contribution in [0.3, 0.4) is 0 Å². The van der Waals surface area contributed by atoms with Crippen LogP contribution in [-0.2, 0) is 7.05 Å². The fourth-order valence-corrected chi connectivity index (χ4v) is 2.95. The van der Waals surface area contributed by atoms with Gasteiger partial charge in [-0.2, -0.15) is 0 Å². The minimum atomic E-state index is -0.171. The Morgan fingerprint density at radius 2 is 2.08 bits per heavy atom. The molecule has 1 amide bonds. The zero-order valence-corrected chi connectivity index (χ0v) is 15.2. The SMILES string of the molecule is CCCCCNC(=O)c1cc(-c2ncn(C)c2Cl)c2ccccc2n1. The molecule has 0 bridgehead atoms. The number of hydrogen-bond acceptors (Lipinski definition) is 3. The van der Waals surface area contributed by atoms with Crippen molar-refractivity contribution in [2.75, 3.05) is 6.54 Å². The van der Waals surface area contributed by atoms with Gasteiger partial charge in [0.15, 0.2) is 0 Å². The summed E-state index contributed by atoms with van der Waals surface area (Å²) in [5.41, 5.74) is 2.60. The highest BCUT2D eigenvalue weighted by molar-refractivity contribution is 6.32. The van der Waals surface area contributed by atoms with E-state index in [0.29, 0.717) is 23.1 Å². The highest BCUT2D eigenvalue weighted by Gasteiger charge is 2.17. The van der Waals surface area contributed by atoms with Crippen molar-refractivity contribution in [1.82, 2.24) is 19.9 Å². The Kier molecular flexibility index (Phi) is 5.34. The van der Waals surface area contributed by atoms with Gasteiger partial charge >= 0.3 is 0 Å². The first-order valence-electron chi connectivity index (χ1n) is 8.47. The van der Waals surface area contributed by atoms with Crippen LogP contribution in [0.4, 0.5) is 0 Å². The third-order valence-corrected chi connectivity index (χ3v) is 4.58. The number of aryl methyl sites for hydroxylation is 1. The van der Waals surface area contributed by atoms with E-state index in [9.17, 15) is 4.79 Å². The fraction of sp³-hybridized carbons (Fsp3) is 0.316. The maximum atomic E-state index is 12.5. The summed E-state index contributed by atoms with van der Waals surface area (Å²) in [7, 11) is 1.84. The number of nitrogens with one attached hydrogen (secondary N) is 1. The zero-order valence-electron chi connectivity index (χ0n) is 14.4. The first-order chi connectivity index (χ1) is 12.1. The number of unbranched alkanes of at least 4 members (excludes halogenated alkanes) is 2. The Morgan fingerprint density at radius 3 is 2.80 bits per heavy atom. The third kappa shape index (κ3) is 3.66. The molecule has 3 rings (SSSR count). The number of benzene rings is 1. The number of carbonyl (C=O) groups excluding carboxylic acids is 1. The molecule has 0 aliphatic heterocycles. The van der Waals surface area contributed by atoms with Crippen LogP contribution in [0.25, 0.3) is 22.2 Å². The molecule has 130 valence electrons. The van der Waals surface area contributed by atoms with Gasteiger partial charge in [-0.15, -0.1) is 0 Å². The van der Waals surface area contributed by atoms with Crippen LogP contribution in [0.15, 0.2) is 36.7 Å². The number of fused-ring (bicyclic) bond motifs is 1. The molecule has 2 aromatic heterocycles. The smallest absolute Gasteiger partial charge is 0.269 e.